The van der Waals surface area contributed by atoms with Crippen LogP contribution in [-0.2, 0) is 18.3 Å². The van der Waals surface area contributed by atoms with Gasteiger partial charge in [-0.15, -0.1) is 0 Å². The molecule has 0 spiro atoms. The van der Waals surface area contributed by atoms with Gasteiger partial charge in [-0.2, -0.15) is 5.10 Å². The Hall–Kier alpha value is -2.24. The molecule has 2 rings (SSSR count). The molecular formula is C13H12F2N2O2. The van der Waals surface area contributed by atoms with Gasteiger partial charge >= 0.3 is 5.97 Å². The van der Waals surface area contributed by atoms with E-state index >= 15 is 0 Å². The first-order valence-corrected chi connectivity index (χ1v) is 5.67. The van der Waals surface area contributed by atoms with Gasteiger partial charge < -0.3 is 5.11 Å². The lowest BCUT2D eigenvalue weighted by Crippen LogP contribution is -2.04. The molecule has 0 bridgehead atoms. The second kappa shape index (κ2) is 5.17. The van der Waals surface area contributed by atoms with E-state index in [1.54, 1.807) is 7.05 Å². The normalized spacial score (nSPS) is 10.7. The van der Waals surface area contributed by atoms with E-state index in [1.165, 1.54) is 16.9 Å². The van der Waals surface area contributed by atoms with Crippen molar-refractivity contribution in [3.8, 4) is 11.1 Å². The summed E-state index contributed by atoms with van der Waals surface area (Å²) in [5, 5.41) is 12.7. The van der Waals surface area contributed by atoms with Gasteiger partial charge in [0.1, 0.15) is 11.6 Å². The predicted molar refractivity (Wildman–Crippen MR) is 64.5 cm³/mol. The molecule has 2 aromatic rings. The SMILES string of the molecule is Cn1ncc(-c2ccc(F)cc2F)c1CCC(=O)O. The summed E-state index contributed by atoms with van der Waals surface area (Å²) in [5.74, 6) is -2.28. The minimum atomic E-state index is -0.938. The summed E-state index contributed by atoms with van der Waals surface area (Å²) in [7, 11) is 1.65. The van der Waals surface area contributed by atoms with Crippen molar-refractivity contribution in [3.05, 3.63) is 41.7 Å². The van der Waals surface area contributed by atoms with E-state index in [0.29, 0.717) is 11.3 Å². The average molecular weight is 266 g/mol. The number of carboxylic acids is 1. The molecule has 0 saturated heterocycles. The van der Waals surface area contributed by atoms with Gasteiger partial charge in [0, 0.05) is 36.4 Å². The molecule has 0 aliphatic carbocycles. The highest BCUT2D eigenvalue weighted by Gasteiger charge is 2.15. The maximum Gasteiger partial charge on any atom is 0.303 e. The molecule has 0 unspecified atom stereocenters. The number of nitrogens with zero attached hydrogens (tertiary/aromatic N) is 2. The standard InChI is InChI=1S/C13H12F2N2O2/c1-17-12(4-5-13(18)19)10(7-16-17)9-3-2-8(14)6-11(9)15/h2-3,6-7H,4-5H2,1H3,(H,18,19). The highest BCUT2D eigenvalue weighted by molar-refractivity contribution is 5.69. The zero-order valence-corrected chi connectivity index (χ0v) is 10.2. The first-order chi connectivity index (χ1) is 8.99. The molecule has 1 aromatic carbocycles. The molecule has 0 radical (unpaired) electrons. The molecule has 0 aliphatic heterocycles. The molecule has 19 heavy (non-hydrogen) atoms. The number of hydrogen-bond acceptors (Lipinski definition) is 2. The van der Waals surface area contributed by atoms with Crippen LogP contribution >= 0.6 is 0 Å². The van der Waals surface area contributed by atoms with Crippen LogP contribution in [-0.4, -0.2) is 20.9 Å². The monoisotopic (exact) mass is 266 g/mol. The largest absolute Gasteiger partial charge is 0.481 e. The Labute approximate surface area is 108 Å². The number of aromatic nitrogens is 2. The van der Waals surface area contributed by atoms with Crippen molar-refractivity contribution in [2.75, 3.05) is 0 Å². The van der Waals surface area contributed by atoms with E-state index in [9.17, 15) is 13.6 Å². The second-order valence-electron chi connectivity index (χ2n) is 4.15. The number of halogens is 2. The summed E-state index contributed by atoms with van der Waals surface area (Å²) < 4.78 is 28.1. The lowest BCUT2D eigenvalue weighted by Gasteiger charge is -2.06. The third-order valence-electron chi connectivity index (χ3n) is 2.86. The van der Waals surface area contributed by atoms with Crippen molar-refractivity contribution < 1.29 is 18.7 Å². The Morgan fingerprint density at radius 2 is 2.11 bits per heavy atom. The van der Waals surface area contributed by atoms with Crippen LogP contribution in [0.1, 0.15) is 12.1 Å². The molecule has 1 heterocycles. The highest BCUT2D eigenvalue weighted by Crippen LogP contribution is 2.27. The van der Waals surface area contributed by atoms with Gasteiger partial charge in [0.2, 0.25) is 0 Å². The van der Waals surface area contributed by atoms with Crippen molar-refractivity contribution in [1.82, 2.24) is 9.78 Å². The van der Waals surface area contributed by atoms with Gasteiger partial charge in [0.25, 0.3) is 0 Å². The Balaban J connectivity index is 2.42. The van der Waals surface area contributed by atoms with Crippen LogP contribution in [0.5, 0.6) is 0 Å². The lowest BCUT2D eigenvalue weighted by atomic mass is 10.0. The Morgan fingerprint density at radius 1 is 1.37 bits per heavy atom. The van der Waals surface area contributed by atoms with Gasteiger partial charge in [-0.3, -0.25) is 9.48 Å². The van der Waals surface area contributed by atoms with Gasteiger partial charge in [-0.25, -0.2) is 8.78 Å². The molecule has 4 nitrogen and oxygen atoms in total. The Bertz CT molecular complexity index is 623. The molecule has 0 atom stereocenters. The lowest BCUT2D eigenvalue weighted by molar-refractivity contribution is -0.136. The van der Waals surface area contributed by atoms with Crippen LogP contribution in [0.4, 0.5) is 8.78 Å². The zero-order valence-electron chi connectivity index (χ0n) is 10.2. The highest BCUT2D eigenvalue weighted by atomic mass is 19.1. The van der Waals surface area contributed by atoms with Gasteiger partial charge in [-0.05, 0) is 12.1 Å². The molecule has 1 N–H and O–H groups in total. The predicted octanol–water partition coefficient (Wildman–Crippen LogP) is 2.38. The van der Waals surface area contributed by atoms with Crippen LogP contribution in [0, 0.1) is 11.6 Å². The summed E-state index contributed by atoms with van der Waals surface area (Å²) in [6, 6.07) is 3.28. The number of rotatable bonds is 4. The van der Waals surface area contributed by atoms with E-state index in [-0.39, 0.29) is 18.4 Å². The Kier molecular flexibility index (Phi) is 3.59. The fourth-order valence-electron chi connectivity index (χ4n) is 1.92. The number of hydrogen-bond donors (Lipinski definition) is 1. The van der Waals surface area contributed by atoms with Gasteiger partial charge in [0.15, 0.2) is 0 Å². The molecule has 0 fully saturated rings. The number of aliphatic carboxylic acids is 1. The second-order valence-corrected chi connectivity index (χ2v) is 4.15. The smallest absolute Gasteiger partial charge is 0.303 e. The van der Waals surface area contributed by atoms with Crippen LogP contribution in [0.2, 0.25) is 0 Å². The minimum Gasteiger partial charge on any atom is -0.481 e. The van der Waals surface area contributed by atoms with Crippen molar-refractivity contribution in [2.24, 2.45) is 7.05 Å². The van der Waals surface area contributed by atoms with E-state index in [2.05, 4.69) is 5.10 Å². The van der Waals surface area contributed by atoms with Crippen molar-refractivity contribution in [1.29, 1.82) is 0 Å². The van der Waals surface area contributed by atoms with E-state index < -0.39 is 17.6 Å². The number of carbonyl (C=O) groups is 1. The third-order valence-corrected chi connectivity index (χ3v) is 2.86. The quantitative estimate of drug-likeness (QED) is 0.924. The number of aryl methyl sites for hydroxylation is 1. The molecule has 0 aliphatic rings. The maximum absolute atomic E-state index is 13.7. The van der Waals surface area contributed by atoms with Gasteiger partial charge in [-0.1, -0.05) is 0 Å². The first kappa shape index (κ1) is 13.2. The fraction of sp³-hybridized carbons (Fsp3) is 0.231. The summed E-state index contributed by atoms with van der Waals surface area (Å²) in [6.07, 6.45) is 1.61. The van der Waals surface area contributed by atoms with E-state index in [4.69, 9.17) is 5.11 Å². The van der Waals surface area contributed by atoms with Crippen molar-refractivity contribution in [3.63, 3.8) is 0 Å². The molecule has 6 heteroatoms. The molecule has 100 valence electrons. The zero-order chi connectivity index (χ0) is 14.0. The summed E-state index contributed by atoms with van der Waals surface area (Å²) >= 11 is 0. The van der Waals surface area contributed by atoms with Crippen molar-refractivity contribution in [2.45, 2.75) is 12.8 Å². The molecule has 0 saturated carbocycles. The van der Waals surface area contributed by atoms with Crippen LogP contribution in [0.25, 0.3) is 11.1 Å². The van der Waals surface area contributed by atoms with Crippen molar-refractivity contribution >= 4 is 5.97 Å². The first-order valence-electron chi connectivity index (χ1n) is 5.67. The summed E-state index contributed by atoms with van der Waals surface area (Å²) in [5.41, 5.74) is 1.31. The van der Waals surface area contributed by atoms with Gasteiger partial charge in [0.05, 0.1) is 12.6 Å². The minimum absolute atomic E-state index is 0.0741. The topological polar surface area (TPSA) is 55.1 Å². The fourth-order valence-corrected chi connectivity index (χ4v) is 1.92. The van der Waals surface area contributed by atoms with E-state index in [0.717, 1.165) is 12.1 Å². The Morgan fingerprint density at radius 3 is 2.74 bits per heavy atom. The van der Waals surface area contributed by atoms with E-state index in [1.807, 2.05) is 0 Å². The third kappa shape index (κ3) is 2.78. The molecule has 0 amide bonds. The average Bonchev–Trinajstić information content (AvgIpc) is 2.68. The summed E-state index contributed by atoms with van der Waals surface area (Å²) in [4.78, 5) is 10.6. The molecular weight excluding hydrogens is 254 g/mol. The number of carboxylic acid groups (broad SMARTS) is 1. The molecule has 1 aromatic heterocycles. The number of benzene rings is 1. The van der Waals surface area contributed by atoms with Crippen LogP contribution < -0.4 is 0 Å². The maximum atomic E-state index is 13.7. The van der Waals surface area contributed by atoms with Crippen LogP contribution in [0.15, 0.2) is 24.4 Å². The summed E-state index contributed by atoms with van der Waals surface area (Å²) in [6.45, 7) is 0. The van der Waals surface area contributed by atoms with Crippen LogP contribution in [0.3, 0.4) is 0 Å².